The fourth-order valence-electron chi connectivity index (χ4n) is 2.16. The summed E-state index contributed by atoms with van der Waals surface area (Å²) in [5.74, 6) is 0. The second kappa shape index (κ2) is 2.51. The van der Waals surface area contributed by atoms with E-state index in [2.05, 4.69) is 17.4 Å². The highest BCUT2D eigenvalue weighted by atomic mass is 15.6. The minimum atomic E-state index is 0.725. The summed E-state index contributed by atoms with van der Waals surface area (Å²) in [6, 6.07) is 1.59. The van der Waals surface area contributed by atoms with Crippen LogP contribution in [-0.2, 0) is 0 Å². The molecule has 0 aromatic heterocycles. The van der Waals surface area contributed by atoms with E-state index >= 15 is 0 Å². The summed E-state index contributed by atoms with van der Waals surface area (Å²) in [6.45, 7) is 3.55. The first-order valence-corrected chi connectivity index (χ1v) is 4.39. The molecular formula is C8H16N2. The average molecular weight is 140 g/mol. The lowest BCUT2D eigenvalue weighted by Crippen LogP contribution is -2.41. The Labute approximate surface area is 62.6 Å². The third kappa shape index (κ3) is 1.06. The lowest BCUT2D eigenvalue weighted by Gasteiger charge is -2.28. The van der Waals surface area contributed by atoms with Crippen LogP contribution in [0.4, 0.5) is 0 Å². The number of piperidine rings is 1. The summed E-state index contributed by atoms with van der Waals surface area (Å²) in [5.41, 5.74) is 3.49. The van der Waals surface area contributed by atoms with Gasteiger partial charge in [-0.1, -0.05) is 6.42 Å². The fraction of sp³-hybridized carbons (Fsp3) is 1.00. The minimum Gasteiger partial charge on any atom is -0.252 e. The number of hydrogen-bond donors (Lipinski definition) is 1. The van der Waals surface area contributed by atoms with Gasteiger partial charge in [-0.2, -0.15) is 0 Å². The van der Waals surface area contributed by atoms with Crippen LogP contribution in [0, 0.1) is 0 Å². The zero-order valence-electron chi connectivity index (χ0n) is 6.64. The molecule has 2 aliphatic rings. The van der Waals surface area contributed by atoms with E-state index in [9.17, 15) is 0 Å². The highest BCUT2D eigenvalue weighted by Gasteiger charge is 2.30. The monoisotopic (exact) mass is 140 g/mol. The first kappa shape index (κ1) is 6.62. The van der Waals surface area contributed by atoms with E-state index in [1.807, 2.05) is 0 Å². The molecule has 2 aliphatic heterocycles. The van der Waals surface area contributed by atoms with Crippen LogP contribution >= 0.6 is 0 Å². The lowest BCUT2D eigenvalue weighted by atomic mass is 10.0. The van der Waals surface area contributed by atoms with Crippen LogP contribution in [0.1, 0.15) is 32.6 Å². The first-order valence-electron chi connectivity index (χ1n) is 4.39. The molecule has 2 rings (SSSR count). The van der Waals surface area contributed by atoms with E-state index < -0.39 is 0 Å². The van der Waals surface area contributed by atoms with E-state index in [4.69, 9.17) is 0 Å². The van der Waals surface area contributed by atoms with Crippen LogP contribution in [0.15, 0.2) is 0 Å². The van der Waals surface area contributed by atoms with Crippen molar-refractivity contribution in [2.45, 2.75) is 44.7 Å². The Morgan fingerprint density at radius 3 is 3.10 bits per heavy atom. The van der Waals surface area contributed by atoms with Crippen molar-refractivity contribution in [1.29, 1.82) is 0 Å². The van der Waals surface area contributed by atoms with Crippen molar-refractivity contribution >= 4 is 0 Å². The Morgan fingerprint density at radius 2 is 2.30 bits per heavy atom. The van der Waals surface area contributed by atoms with Crippen molar-refractivity contribution in [2.75, 3.05) is 6.54 Å². The van der Waals surface area contributed by atoms with Gasteiger partial charge < -0.3 is 0 Å². The molecule has 0 bridgehead atoms. The van der Waals surface area contributed by atoms with E-state index in [0.29, 0.717) is 0 Å². The van der Waals surface area contributed by atoms with E-state index in [1.165, 1.54) is 32.2 Å². The summed E-state index contributed by atoms with van der Waals surface area (Å²) < 4.78 is 0. The van der Waals surface area contributed by atoms with Crippen molar-refractivity contribution in [3.63, 3.8) is 0 Å². The second-order valence-corrected chi connectivity index (χ2v) is 3.61. The Bertz CT molecular complexity index is 110. The minimum absolute atomic E-state index is 0.725. The smallest absolute Gasteiger partial charge is 0.0258 e. The molecule has 0 aromatic rings. The summed E-state index contributed by atoms with van der Waals surface area (Å²) in [6.07, 6.45) is 5.60. The molecular weight excluding hydrogens is 124 g/mol. The molecule has 2 saturated heterocycles. The van der Waals surface area contributed by atoms with Gasteiger partial charge in [0.2, 0.25) is 0 Å². The van der Waals surface area contributed by atoms with Crippen LogP contribution in [0.25, 0.3) is 0 Å². The van der Waals surface area contributed by atoms with Crippen LogP contribution in [0.2, 0.25) is 0 Å². The highest BCUT2D eigenvalue weighted by Crippen LogP contribution is 2.23. The van der Waals surface area contributed by atoms with E-state index in [1.54, 1.807) is 0 Å². The standard InChI is InChI=1S/C8H16N2/c1-7-6-8-4-2-3-5-10(8)9-7/h7-9H,2-6H2,1H3. The predicted octanol–water partition coefficient (Wildman–Crippen LogP) is 1.14. The predicted molar refractivity (Wildman–Crippen MR) is 41.6 cm³/mol. The summed E-state index contributed by atoms with van der Waals surface area (Å²) in [5, 5.41) is 2.44. The van der Waals surface area contributed by atoms with Gasteiger partial charge in [-0.3, -0.25) is 5.43 Å². The molecule has 0 spiro atoms. The third-order valence-corrected chi connectivity index (χ3v) is 2.64. The van der Waals surface area contributed by atoms with Crippen LogP contribution in [0.3, 0.4) is 0 Å². The number of nitrogens with one attached hydrogen (secondary N) is 1. The first-order chi connectivity index (χ1) is 4.86. The fourth-order valence-corrected chi connectivity index (χ4v) is 2.16. The van der Waals surface area contributed by atoms with Crippen molar-refractivity contribution in [3.05, 3.63) is 0 Å². The molecule has 10 heavy (non-hydrogen) atoms. The van der Waals surface area contributed by atoms with Gasteiger partial charge in [0.25, 0.3) is 0 Å². The molecule has 2 heterocycles. The molecule has 0 aliphatic carbocycles. The van der Waals surface area contributed by atoms with Gasteiger partial charge in [0.05, 0.1) is 0 Å². The van der Waals surface area contributed by atoms with Gasteiger partial charge in [-0.05, 0) is 26.2 Å². The Hall–Kier alpha value is -0.0800. The molecule has 0 aromatic carbocycles. The summed E-state index contributed by atoms with van der Waals surface area (Å²) in [7, 11) is 0. The largest absolute Gasteiger partial charge is 0.252 e. The molecule has 58 valence electrons. The topological polar surface area (TPSA) is 15.3 Å². The zero-order chi connectivity index (χ0) is 6.97. The summed E-state index contributed by atoms with van der Waals surface area (Å²) >= 11 is 0. The average Bonchev–Trinajstić information content (AvgIpc) is 2.27. The van der Waals surface area contributed by atoms with Crippen molar-refractivity contribution in [2.24, 2.45) is 0 Å². The molecule has 1 N–H and O–H groups in total. The quantitative estimate of drug-likeness (QED) is 0.543. The SMILES string of the molecule is CC1CC2CCCCN2N1. The highest BCUT2D eigenvalue weighted by molar-refractivity contribution is 4.84. The number of hydrazine groups is 1. The van der Waals surface area contributed by atoms with Gasteiger partial charge in [-0.15, -0.1) is 0 Å². The number of hydrogen-bond acceptors (Lipinski definition) is 2. The van der Waals surface area contributed by atoms with Gasteiger partial charge >= 0.3 is 0 Å². The maximum Gasteiger partial charge on any atom is 0.0258 e. The third-order valence-electron chi connectivity index (χ3n) is 2.64. The van der Waals surface area contributed by atoms with Gasteiger partial charge in [0.1, 0.15) is 0 Å². The van der Waals surface area contributed by atoms with Gasteiger partial charge in [-0.25, -0.2) is 5.01 Å². The number of rotatable bonds is 0. The molecule has 0 amide bonds. The zero-order valence-corrected chi connectivity index (χ0v) is 6.64. The van der Waals surface area contributed by atoms with Crippen LogP contribution in [0.5, 0.6) is 0 Å². The normalized spacial score (nSPS) is 41.7. The van der Waals surface area contributed by atoms with E-state index in [-0.39, 0.29) is 0 Å². The second-order valence-electron chi connectivity index (χ2n) is 3.61. The Morgan fingerprint density at radius 1 is 1.40 bits per heavy atom. The molecule has 2 nitrogen and oxygen atoms in total. The number of fused-ring (bicyclic) bond motifs is 1. The van der Waals surface area contributed by atoms with Crippen LogP contribution < -0.4 is 5.43 Å². The van der Waals surface area contributed by atoms with Crippen molar-refractivity contribution in [1.82, 2.24) is 10.4 Å². The van der Waals surface area contributed by atoms with Crippen molar-refractivity contribution in [3.8, 4) is 0 Å². The molecule has 2 heteroatoms. The van der Waals surface area contributed by atoms with Crippen molar-refractivity contribution < 1.29 is 0 Å². The molecule has 0 saturated carbocycles. The molecule has 2 atom stereocenters. The maximum atomic E-state index is 3.49. The van der Waals surface area contributed by atoms with Gasteiger partial charge in [0, 0.05) is 18.6 Å². The Balaban J connectivity index is 1.97. The Kier molecular flexibility index (Phi) is 1.66. The molecule has 2 fully saturated rings. The molecule has 2 unspecified atom stereocenters. The number of nitrogens with zero attached hydrogens (tertiary/aromatic N) is 1. The lowest BCUT2D eigenvalue weighted by molar-refractivity contribution is 0.139. The van der Waals surface area contributed by atoms with Crippen LogP contribution in [-0.4, -0.2) is 23.6 Å². The molecule has 0 radical (unpaired) electrons. The summed E-state index contributed by atoms with van der Waals surface area (Å²) in [4.78, 5) is 0. The van der Waals surface area contributed by atoms with E-state index in [0.717, 1.165) is 12.1 Å². The van der Waals surface area contributed by atoms with Gasteiger partial charge in [0.15, 0.2) is 0 Å². The maximum absolute atomic E-state index is 3.49.